The van der Waals surface area contributed by atoms with Crippen molar-refractivity contribution in [3.63, 3.8) is 0 Å². The Morgan fingerprint density at radius 3 is 2.73 bits per heavy atom. The Bertz CT molecular complexity index is 171. The lowest BCUT2D eigenvalue weighted by Gasteiger charge is -2.44. The molecule has 2 heterocycles. The van der Waals surface area contributed by atoms with Gasteiger partial charge >= 0.3 is 0 Å². The molecule has 2 aliphatic heterocycles. The van der Waals surface area contributed by atoms with Gasteiger partial charge in [-0.2, -0.15) is 0 Å². The lowest BCUT2D eigenvalue weighted by Crippen LogP contribution is -2.58. The van der Waals surface area contributed by atoms with Gasteiger partial charge < -0.3 is 15.2 Å². The van der Waals surface area contributed by atoms with Crippen LogP contribution >= 0.6 is 0 Å². The molecule has 4 atom stereocenters. The Morgan fingerprint density at radius 2 is 2.27 bits per heavy atom. The zero-order valence-corrected chi connectivity index (χ0v) is 6.36. The molecule has 3 aliphatic rings. The highest BCUT2D eigenvalue weighted by Crippen LogP contribution is 2.32. The van der Waals surface area contributed by atoms with E-state index in [1.54, 1.807) is 0 Å². The van der Waals surface area contributed by atoms with Gasteiger partial charge in [0, 0.05) is 12.0 Å². The van der Waals surface area contributed by atoms with Crippen molar-refractivity contribution in [3.05, 3.63) is 0 Å². The Kier molecular flexibility index (Phi) is 1.69. The summed E-state index contributed by atoms with van der Waals surface area (Å²) in [7, 11) is 0. The first-order valence-electron chi connectivity index (χ1n) is 4.20. The first kappa shape index (κ1) is 7.25. The summed E-state index contributed by atoms with van der Waals surface area (Å²) in [5, 5.41) is 12.7. The second kappa shape index (κ2) is 2.57. The molecule has 0 aromatic carbocycles. The molecule has 0 amide bonds. The van der Waals surface area contributed by atoms with Gasteiger partial charge in [-0.3, -0.25) is 0 Å². The first-order valence-corrected chi connectivity index (χ1v) is 4.20. The third-order valence-corrected chi connectivity index (χ3v) is 2.90. The molecule has 1 aliphatic carbocycles. The number of hydrogen-bond acceptors (Lipinski definition) is 3. The summed E-state index contributed by atoms with van der Waals surface area (Å²) in [4.78, 5) is 10.5. The molecule has 2 N–H and O–H groups in total. The van der Waals surface area contributed by atoms with Crippen LogP contribution in [0.2, 0.25) is 0 Å². The third kappa shape index (κ3) is 1.08. The number of hydrogen-bond donors (Lipinski definition) is 2. The highest BCUT2D eigenvalue weighted by molar-refractivity contribution is 5.59. The van der Waals surface area contributed by atoms with Crippen LogP contribution in [0, 0.1) is 5.92 Å². The second-order valence-corrected chi connectivity index (χ2v) is 3.57. The molecule has 0 aromatic heterocycles. The van der Waals surface area contributed by atoms with Crippen LogP contribution in [0.1, 0.15) is 19.3 Å². The average molecular weight is 155 g/mol. The van der Waals surface area contributed by atoms with Gasteiger partial charge in [-0.1, -0.05) is 0 Å². The number of rotatable bonds is 1. The molecule has 0 spiro atoms. The number of aliphatic hydroxyl groups excluding tert-OH is 1. The van der Waals surface area contributed by atoms with Crippen LogP contribution in [-0.4, -0.2) is 29.6 Å². The molecule has 3 rings (SSSR count). The largest absolute Gasteiger partial charge is 0.393 e. The fourth-order valence-electron chi connectivity index (χ4n) is 2.28. The lowest BCUT2D eigenvalue weighted by molar-refractivity contribution is -0.115. The molecule has 62 valence electrons. The summed E-state index contributed by atoms with van der Waals surface area (Å²) in [5.74, 6) is 0.178. The summed E-state index contributed by atoms with van der Waals surface area (Å²) in [6.07, 6.45) is 3.63. The van der Waals surface area contributed by atoms with E-state index in [1.807, 2.05) is 0 Å². The Morgan fingerprint density at radius 1 is 1.45 bits per heavy atom. The van der Waals surface area contributed by atoms with Crippen molar-refractivity contribution in [2.45, 2.75) is 37.5 Å². The molecule has 3 heteroatoms. The van der Waals surface area contributed by atoms with Gasteiger partial charge in [0.15, 0.2) is 0 Å². The number of aldehydes is 1. The van der Waals surface area contributed by atoms with E-state index in [4.69, 9.17) is 0 Å². The van der Waals surface area contributed by atoms with Crippen molar-refractivity contribution in [1.29, 1.82) is 0 Å². The van der Waals surface area contributed by atoms with Crippen LogP contribution < -0.4 is 5.32 Å². The maximum atomic E-state index is 10.5. The van der Waals surface area contributed by atoms with Gasteiger partial charge in [-0.15, -0.1) is 0 Å². The smallest absolute Gasteiger partial charge is 0.137 e. The maximum absolute atomic E-state index is 10.5. The fourth-order valence-corrected chi connectivity index (χ4v) is 2.28. The van der Waals surface area contributed by atoms with Crippen molar-refractivity contribution < 1.29 is 9.90 Å². The van der Waals surface area contributed by atoms with Gasteiger partial charge in [-0.05, 0) is 19.3 Å². The monoisotopic (exact) mass is 155 g/mol. The summed E-state index contributed by atoms with van der Waals surface area (Å²) in [6, 6.07) is 0.294. The average Bonchev–Trinajstić information content (AvgIpc) is 2.04. The number of piperidine rings is 2. The fraction of sp³-hybridized carbons (Fsp3) is 0.875. The van der Waals surface area contributed by atoms with Crippen molar-refractivity contribution >= 4 is 6.29 Å². The van der Waals surface area contributed by atoms with Gasteiger partial charge in [0.2, 0.25) is 0 Å². The normalized spacial score (nSPS) is 49.2. The van der Waals surface area contributed by atoms with Crippen LogP contribution in [0.4, 0.5) is 0 Å². The molecular weight excluding hydrogens is 142 g/mol. The highest BCUT2D eigenvalue weighted by atomic mass is 16.3. The van der Waals surface area contributed by atoms with E-state index in [0.717, 1.165) is 25.5 Å². The quantitative estimate of drug-likeness (QED) is 0.510. The molecule has 11 heavy (non-hydrogen) atoms. The van der Waals surface area contributed by atoms with Gasteiger partial charge in [0.05, 0.1) is 12.1 Å². The van der Waals surface area contributed by atoms with E-state index >= 15 is 0 Å². The Balaban J connectivity index is 2.12. The van der Waals surface area contributed by atoms with E-state index < -0.39 is 0 Å². The summed E-state index contributed by atoms with van der Waals surface area (Å²) < 4.78 is 0. The van der Waals surface area contributed by atoms with E-state index in [9.17, 15) is 9.90 Å². The van der Waals surface area contributed by atoms with Gasteiger partial charge in [-0.25, -0.2) is 0 Å². The Labute approximate surface area is 65.8 Å². The van der Waals surface area contributed by atoms with E-state index in [0.29, 0.717) is 6.04 Å². The molecular formula is C8H13NO2. The van der Waals surface area contributed by atoms with Crippen molar-refractivity contribution in [2.24, 2.45) is 5.92 Å². The molecule has 3 fully saturated rings. The number of aliphatic hydroxyl groups is 1. The minimum Gasteiger partial charge on any atom is -0.393 e. The van der Waals surface area contributed by atoms with Crippen molar-refractivity contribution in [2.75, 3.05) is 0 Å². The number of carbonyl (C=O) groups excluding carboxylic acids is 1. The maximum Gasteiger partial charge on any atom is 0.137 e. The van der Waals surface area contributed by atoms with Gasteiger partial charge in [0.25, 0.3) is 0 Å². The number of nitrogens with one attached hydrogen (secondary N) is 1. The molecule has 2 bridgehead atoms. The molecule has 0 aromatic rings. The predicted molar refractivity (Wildman–Crippen MR) is 40.1 cm³/mol. The van der Waals surface area contributed by atoms with Crippen molar-refractivity contribution in [1.82, 2.24) is 5.32 Å². The standard InChI is InChI=1S/C8H13NO2/c10-4-7-6-2-1-5(9-7)3-8(6)11/h4-9,11H,1-3H2/t5-,6-,7+,8-/m0/s1. The highest BCUT2D eigenvalue weighted by Gasteiger charge is 2.40. The predicted octanol–water partition coefficient (Wildman–Crippen LogP) is -0.313. The lowest BCUT2D eigenvalue weighted by atomic mass is 9.75. The number of fused-ring (bicyclic) bond motifs is 3. The van der Waals surface area contributed by atoms with Crippen molar-refractivity contribution in [3.8, 4) is 0 Å². The van der Waals surface area contributed by atoms with E-state index in [-0.39, 0.29) is 18.1 Å². The van der Waals surface area contributed by atoms with Crippen LogP contribution in [-0.2, 0) is 4.79 Å². The Hall–Kier alpha value is -0.410. The zero-order chi connectivity index (χ0) is 7.84. The summed E-state index contributed by atoms with van der Waals surface area (Å²) in [6.45, 7) is 0. The minimum atomic E-state index is -0.245. The molecule has 2 saturated heterocycles. The van der Waals surface area contributed by atoms with Crippen LogP contribution in [0.25, 0.3) is 0 Å². The molecule has 0 unspecified atom stereocenters. The summed E-state index contributed by atoms with van der Waals surface area (Å²) >= 11 is 0. The first-order chi connectivity index (χ1) is 5.31. The van der Waals surface area contributed by atoms with Gasteiger partial charge in [0.1, 0.15) is 6.29 Å². The zero-order valence-electron chi connectivity index (χ0n) is 6.36. The number of carbonyl (C=O) groups is 1. The molecule has 3 nitrogen and oxygen atoms in total. The topological polar surface area (TPSA) is 49.3 Å². The van der Waals surface area contributed by atoms with E-state index in [1.165, 1.54) is 0 Å². The second-order valence-electron chi connectivity index (χ2n) is 3.57. The molecule has 1 saturated carbocycles. The minimum absolute atomic E-state index is 0.0856. The summed E-state index contributed by atoms with van der Waals surface area (Å²) in [5.41, 5.74) is 0. The van der Waals surface area contributed by atoms with Crippen LogP contribution in [0.5, 0.6) is 0 Å². The SMILES string of the molecule is O=C[C@H]1N[C@H]2CC[C@@H]1[C@@H](O)C2. The third-order valence-electron chi connectivity index (χ3n) is 2.90. The van der Waals surface area contributed by atoms with Crippen LogP contribution in [0.15, 0.2) is 0 Å². The van der Waals surface area contributed by atoms with Crippen LogP contribution in [0.3, 0.4) is 0 Å². The molecule has 0 radical (unpaired) electrons. The van der Waals surface area contributed by atoms with E-state index in [2.05, 4.69) is 5.32 Å².